The predicted octanol–water partition coefficient (Wildman–Crippen LogP) is 2.65. The third-order valence-electron chi connectivity index (χ3n) is 7.60. The zero-order chi connectivity index (χ0) is 30.3. The zero-order valence-corrected chi connectivity index (χ0v) is 26.3. The third-order valence-corrected chi connectivity index (χ3v) is 8.53. The fraction of sp³-hybridized carbons (Fsp3) is 0.467. The van der Waals surface area contributed by atoms with Gasteiger partial charge in [-0.1, -0.05) is 44.2 Å². The molecule has 236 valence electrons. The molecule has 3 aromatic rings. The van der Waals surface area contributed by atoms with E-state index in [4.69, 9.17) is 4.42 Å². The van der Waals surface area contributed by atoms with E-state index in [-0.39, 0.29) is 73.0 Å². The second-order valence-electron chi connectivity index (χ2n) is 11.2. The molecule has 0 radical (unpaired) electrons. The van der Waals surface area contributed by atoms with Gasteiger partial charge in [-0.3, -0.25) is 19.2 Å². The largest absolute Gasteiger partial charge is 0.446 e. The highest BCUT2D eigenvalue weighted by atomic mass is 35.5. The Kier molecular flexibility index (Phi) is 11.5. The predicted molar refractivity (Wildman–Crippen MR) is 166 cm³/mol. The van der Waals surface area contributed by atoms with E-state index in [1.165, 1.54) is 22.5 Å². The summed E-state index contributed by atoms with van der Waals surface area (Å²) in [4.78, 5) is 63.6. The summed E-state index contributed by atoms with van der Waals surface area (Å²) in [5.41, 5.74) is 1.19. The van der Waals surface area contributed by atoms with Crippen molar-refractivity contribution in [2.75, 3.05) is 32.7 Å². The molecule has 0 spiro atoms. The SMILES string of the molecule is CC(C)[C@@H]1NC(=O)CN(C(=O)[C@H]2CCCNC2)CCNC(=O)c2coc(n2)[C@H](Cc2ccccc2)NC(=O)c2csc1n2.Cl. The van der Waals surface area contributed by atoms with Crippen LogP contribution >= 0.6 is 23.7 Å². The molecule has 4 bridgehead atoms. The molecular weight excluding hydrogens is 606 g/mol. The number of benzene rings is 1. The van der Waals surface area contributed by atoms with E-state index in [1.807, 2.05) is 44.2 Å². The molecule has 5 rings (SSSR count). The van der Waals surface area contributed by atoms with Crippen molar-refractivity contribution in [3.8, 4) is 0 Å². The van der Waals surface area contributed by atoms with Crippen molar-refractivity contribution < 1.29 is 23.6 Å². The number of nitrogens with zero attached hydrogens (tertiary/aromatic N) is 3. The topological polar surface area (TPSA) is 159 Å². The maximum Gasteiger partial charge on any atom is 0.273 e. The number of carbonyl (C=O) groups excluding carboxylic acids is 4. The minimum absolute atomic E-state index is 0. The van der Waals surface area contributed by atoms with Gasteiger partial charge in [0.25, 0.3) is 11.8 Å². The van der Waals surface area contributed by atoms with Crippen LogP contribution in [0.25, 0.3) is 0 Å². The van der Waals surface area contributed by atoms with Crippen molar-refractivity contribution in [2.45, 2.75) is 45.2 Å². The summed E-state index contributed by atoms with van der Waals surface area (Å²) in [5.74, 6) is -1.47. The molecule has 2 aliphatic rings. The first-order valence-corrected chi connectivity index (χ1v) is 15.5. The standard InChI is InChI=1S/C30H37N7O5S.ClH/c1-18(2)25-29-35-23(17-43-29)27(40)33-21(13-19-7-4-3-5-8-19)28-34-22(16-42-28)26(39)32-11-12-37(15-24(38)36-25)30(41)20-9-6-10-31-14-20;/h3-5,7-8,16-18,20-21,25,31H,6,9-15H2,1-2H3,(H,32,39)(H,33,40)(H,36,38);1H/t20-,21-,25-;/m0./s1. The molecule has 0 aliphatic carbocycles. The highest BCUT2D eigenvalue weighted by molar-refractivity contribution is 7.09. The molecule has 1 fully saturated rings. The Balaban J connectivity index is 0.00000442. The Morgan fingerprint density at radius 1 is 1.07 bits per heavy atom. The van der Waals surface area contributed by atoms with Gasteiger partial charge in [0.2, 0.25) is 17.7 Å². The molecule has 0 saturated carbocycles. The van der Waals surface area contributed by atoms with Crippen LogP contribution in [0.15, 0.2) is 46.4 Å². The van der Waals surface area contributed by atoms with E-state index in [2.05, 4.69) is 31.2 Å². The Labute approximate surface area is 266 Å². The maximum absolute atomic E-state index is 13.5. The number of piperidine rings is 1. The Morgan fingerprint density at radius 2 is 1.86 bits per heavy atom. The highest BCUT2D eigenvalue weighted by Crippen LogP contribution is 2.26. The highest BCUT2D eigenvalue weighted by Gasteiger charge is 2.30. The molecule has 12 nitrogen and oxygen atoms in total. The lowest BCUT2D eigenvalue weighted by atomic mass is 9.98. The number of amides is 4. The van der Waals surface area contributed by atoms with E-state index in [9.17, 15) is 19.2 Å². The van der Waals surface area contributed by atoms with Crippen LogP contribution in [0.1, 0.15) is 76.2 Å². The lowest BCUT2D eigenvalue weighted by Crippen LogP contribution is -2.49. The summed E-state index contributed by atoms with van der Waals surface area (Å²) in [6, 6.07) is 8.44. The van der Waals surface area contributed by atoms with Crippen LogP contribution in [0.5, 0.6) is 0 Å². The van der Waals surface area contributed by atoms with Crippen LogP contribution in [-0.4, -0.2) is 71.2 Å². The smallest absolute Gasteiger partial charge is 0.273 e. The van der Waals surface area contributed by atoms with Gasteiger partial charge < -0.3 is 30.6 Å². The van der Waals surface area contributed by atoms with Crippen molar-refractivity contribution >= 4 is 47.4 Å². The second-order valence-corrected chi connectivity index (χ2v) is 12.1. The third kappa shape index (κ3) is 8.21. The lowest BCUT2D eigenvalue weighted by molar-refractivity contribution is -0.140. The van der Waals surface area contributed by atoms with Gasteiger partial charge in [-0.15, -0.1) is 23.7 Å². The van der Waals surface area contributed by atoms with E-state index in [0.29, 0.717) is 18.0 Å². The van der Waals surface area contributed by atoms with Crippen LogP contribution in [0.3, 0.4) is 0 Å². The number of oxazole rings is 1. The van der Waals surface area contributed by atoms with Gasteiger partial charge in [0.1, 0.15) is 23.0 Å². The van der Waals surface area contributed by atoms with Crippen molar-refractivity contribution in [3.05, 3.63) is 69.8 Å². The summed E-state index contributed by atoms with van der Waals surface area (Å²) >= 11 is 1.29. The molecule has 3 atom stereocenters. The Morgan fingerprint density at radius 3 is 2.59 bits per heavy atom. The van der Waals surface area contributed by atoms with Crippen molar-refractivity contribution in [1.29, 1.82) is 0 Å². The van der Waals surface area contributed by atoms with Crippen LogP contribution < -0.4 is 21.3 Å². The van der Waals surface area contributed by atoms with Gasteiger partial charge in [-0.25, -0.2) is 9.97 Å². The molecule has 2 aromatic heterocycles. The van der Waals surface area contributed by atoms with Gasteiger partial charge in [0, 0.05) is 31.4 Å². The maximum atomic E-state index is 13.5. The van der Waals surface area contributed by atoms with Gasteiger partial charge in [0.15, 0.2) is 5.69 Å². The molecule has 0 unspecified atom stereocenters. The van der Waals surface area contributed by atoms with Crippen molar-refractivity contribution in [2.24, 2.45) is 11.8 Å². The minimum atomic E-state index is -0.668. The number of nitrogens with one attached hydrogen (secondary N) is 4. The van der Waals surface area contributed by atoms with Crippen LogP contribution in [0.4, 0.5) is 0 Å². The Hall–Kier alpha value is -3.81. The average molecular weight is 644 g/mol. The molecule has 1 aromatic carbocycles. The Bertz CT molecular complexity index is 1440. The first kappa shape index (κ1) is 33.1. The van der Waals surface area contributed by atoms with Crippen molar-refractivity contribution in [3.63, 3.8) is 0 Å². The number of halogens is 1. The molecule has 2 aliphatic heterocycles. The molecule has 4 N–H and O–H groups in total. The molecule has 44 heavy (non-hydrogen) atoms. The van der Waals surface area contributed by atoms with E-state index < -0.39 is 23.9 Å². The molecule has 4 heterocycles. The fourth-order valence-electron chi connectivity index (χ4n) is 5.26. The second kappa shape index (κ2) is 15.3. The number of thiazole rings is 1. The summed E-state index contributed by atoms with van der Waals surface area (Å²) in [6.07, 6.45) is 3.24. The monoisotopic (exact) mass is 643 g/mol. The number of aromatic nitrogens is 2. The van der Waals surface area contributed by atoms with Gasteiger partial charge in [-0.2, -0.15) is 0 Å². The first-order chi connectivity index (χ1) is 20.8. The van der Waals surface area contributed by atoms with Gasteiger partial charge in [-0.05, 0) is 30.9 Å². The molecule has 4 amide bonds. The number of hydrogen-bond donors (Lipinski definition) is 4. The van der Waals surface area contributed by atoms with Crippen LogP contribution in [0, 0.1) is 11.8 Å². The quantitative estimate of drug-likeness (QED) is 0.338. The zero-order valence-electron chi connectivity index (χ0n) is 24.7. The van der Waals surface area contributed by atoms with E-state index >= 15 is 0 Å². The molecule has 1 saturated heterocycles. The average Bonchev–Trinajstić information content (AvgIpc) is 3.70. The lowest BCUT2D eigenvalue weighted by Gasteiger charge is -2.30. The summed E-state index contributed by atoms with van der Waals surface area (Å²) in [5, 5.41) is 14.3. The summed E-state index contributed by atoms with van der Waals surface area (Å²) < 4.78 is 5.69. The normalized spacial score (nSPS) is 21.8. The number of rotatable bonds is 4. The number of fused-ring (bicyclic) bond motifs is 4. The van der Waals surface area contributed by atoms with Gasteiger partial charge in [0.05, 0.1) is 18.5 Å². The minimum Gasteiger partial charge on any atom is -0.446 e. The first-order valence-electron chi connectivity index (χ1n) is 14.6. The summed E-state index contributed by atoms with van der Waals surface area (Å²) in [7, 11) is 0. The van der Waals surface area contributed by atoms with E-state index in [1.54, 1.807) is 5.38 Å². The van der Waals surface area contributed by atoms with E-state index in [0.717, 1.165) is 24.9 Å². The number of hydrogen-bond acceptors (Lipinski definition) is 9. The van der Waals surface area contributed by atoms with Gasteiger partial charge >= 0.3 is 0 Å². The van der Waals surface area contributed by atoms with Crippen LogP contribution in [-0.2, 0) is 16.0 Å². The molecular formula is C30H38ClN7O5S. The van der Waals surface area contributed by atoms with Crippen LogP contribution in [0.2, 0.25) is 0 Å². The summed E-state index contributed by atoms with van der Waals surface area (Å²) in [6.45, 7) is 5.43. The number of carbonyl (C=O) groups is 4. The molecule has 14 heteroatoms. The van der Waals surface area contributed by atoms with Crippen molar-refractivity contribution in [1.82, 2.24) is 36.1 Å². The fourth-order valence-corrected chi connectivity index (χ4v) is 6.28.